The van der Waals surface area contributed by atoms with E-state index in [1.165, 1.54) is 12.8 Å². The summed E-state index contributed by atoms with van der Waals surface area (Å²) in [6.07, 6.45) is 2.46. The minimum absolute atomic E-state index is 0.450. The van der Waals surface area contributed by atoms with Crippen molar-refractivity contribution in [3.63, 3.8) is 0 Å². The number of aromatic nitrogens is 4. The van der Waals surface area contributed by atoms with Crippen LogP contribution < -0.4 is 0 Å². The fourth-order valence-corrected chi connectivity index (χ4v) is 2.36. The van der Waals surface area contributed by atoms with Crippen molar-refractivity contribution in [2.24, 2.45) is 0 Å². The molecular formula is C14H11BrN4O. The summed E-state index contributed by atoms with van der Waals surface area (Å²) in [4.78, 5) is 4.40. The van der Waals surface area contributed by atoms with Crippen LogP contribution in [0.2, 0.25) is 0 Å². The molecule has 0 spiro atoms. The van der Waals surface area contributed by atoms with Gasteiger partial charge < -0.3 is 4.52 Å². The summed E-state index contributed by atoms with van der Waals surface area (Å²) < 4.78 is 6.31. The highest BCUT2D eigenvalue weighted by Crippen LogP contribution is 2.39. The molecular weight excluding hydrogens is 320 g/mol. The van der Waals surface area contributed by atoms with Crippen molar-refractivity contribution < 1.29 is 4.52 Å². The Morgan fingerprint density at radius 2 is 2.00 bits per heavy atom. The molecule has 1 aliphatic carbocycles. The van der Waals surface area contributed by atoms with Crippen LogP contribution in [0.4, 0.5) is 0 Å². The van der Waals surface area contributed by atoms with Gasteiger partial charge in [-0.15, -0.1) is 0 Å². The van der Waals surface area contributed by atoms with Crippen LogP contribution in [0.5, 0.6) is 0 Å². The summed E-state index contributed by atoms with van der Waals surface area (Å²) in [7, 11) is 0. The lowest BCUT2D eigenvalue weighted by molar-refractivity contribution is 0.431. The van der Waals surface area contributed by atoms with Crippen LogP contribution in [-0.4, -0.2) is 20.3 Å². The highest BCUT2D eigenvalue weighted by atomic mass is 79.9. The van der Waals surface area contributed by atoms with Gasteiger partial charge in [-0.1, -0.05) is 21.1 Å². The molecule has 4 rings (SSSR count). The summed E-state index contributed by atoms with van der Waals surface area (Å²) in [6, 6.07) is 9.78. The first-order valence-corrected chi connectivity index (χ1v) is 7.24. The van der Waals surface area contributed by atoms with Gasteiger partial charge in [-0.25, -0.2) is 0 Å². The van der Waals surface area contributed by atoms with Gasteiger partial charge in [0.2, 0.25) is 5.82 Å². The molecule has 2 aromatic heterocycles. The molecule has 3 aromatic rings. The van der Waals surface area contributed by atoms with E-state index < -0.39 is 0 Å². The van der Waals surface area contributed by atoms with Crippen LogP contribution in [0, 0.1) is 0 Å². The van der Waals surface area contributed by atoms with Crippen LogP contribution in [0.25, 0.3) is 23.0 Å². The molecule has 100 valence electrons. The second kappa shape index (κ2) is 4.56. The van der Waals surface area contributed by atoms with E-state index in [1.807, 2.05) is 30.3 Å². The lowest BCUT2D eigenvalue weighted by Crippen LogP contribution is -1.81. The quantitative estimate of drug-likeness (QED) is 0.793. The number of nitrogens with zero attached hydrogens (tertiary/aromatic N) is 3. The number of aromatic amines is 1. The standard InChI is InChI=1S/C14H11BrN4O/c15-10-5-3-9(4-6-10)13-16-14(20-19-13)12-7-11(17-18-12)8-1-2-8/h3-8H,1-2H2,(H,17,18). The van der Waals surface area contributed by atoms with Gasteiger partial charge in [-0.3, -0.25) is 5.10 Å². The Labute approximate surface area is 123 Å². The lowest BCUT2D eigenvalue weighted by atomic mass is 10.2. The molecule has 1 fully saturated rings. The molecule has 0 atom stereocenters. The van der Waals surface area contributed by atoms with Crippen LogP contribution in [-0.2, 0) is 0 Å². The zero-order valence-corrected chi connectivity index (χ0v) is 12.1. The molecule has 20 heavy (non-hydrogen) atoms. The fraction of sp³-hybridized carbons (Fsp3) is 0.214. The summed E-state index contributed by atoms with van der Waals surface area (Å²) in [6.45, 7) is 0. The van der Waals surface area contributed by atoms with Crippen molar-refractivity contribution in [1.29, 1.82) is 0 Å². The topological polar surface area (TPSA) is 67.6 Å². The Hall–Kier alpha value is -1.95. The average Bonchev–Trinajstić information content (AvgIpc) is 3.01. The maximum Gasteiger partial charge on any atom is 0.278 e. The Balaban J connectivity index is 1.64. The van der Waals surface area contributed by atoms with Gasteiger partial charge >= 0.3 is 0 Å². The van der Waals surface area contributed by atoms with E-state index in [0.29, 0.717) is 23.3 Å². The molecule has 1 N–H and O–H groups in total. The predicted octanol–water partition coefficient (Wildman–Crippen LogP) is 3.77. The highest BCUT2D eigenvalue weighted by Gasteiger charge is 2.26. The Kier molecular flexibility index (Phi) is 2.70. The Morgan fingerprint density at radius 3 is 2.75 bits per heavy atom. The van der Waals surface area contributed by atoms with Gasteiger partial charge in [0, 0.05) is 21.6 Å². The largest absolute Gasteiger partial charge is 0.332 e. The molecule has 0 amide bonds. The van der Waals surface area contributed by atoms with Gasteiger partial charge in [-0.2, -0.15) is 10.1 Å². The zero-order valence-electron chi connectivity index (χ0n) is 10.5. The van der Waals surface area contributed by atoms with Gasteiger partial charge in [0.15, 0.2) is 5.69 Å². The molecule has 0 unspecified atom stereocenters. The minimum atomic E-state index is 0.450. The Morgan fingerprint density at radius 1 is 1.20 bits per heavy atom. The zero-order chi connectivity index (χ0) is 13.5. The second-order valence-electron chi connectivity index (χ2n) is 4.91. The normalized spacial score (nSPS) is 14.7. The minimum Gasteiger partial charge on any atom is -0.332 e. The molecule has 0 saturated heterocycles. The first-order valence-electron chi connectivity index (χ1n) is 6.45. The van der Waals surface area contributed by atoms with Crippen molar-refractivity contribution in [3.05, 3.63) is 40.5 Å². The molecule has 1 aromatic carbocycles. The van der Waals surface area contributed by atoms with E-state index in [-0.39, 0.29) is 0 Å². The number of nitrogens with one attached hydrogen (secondary N) is 1. The third-order valence-corrected chi connectivity index (χ3v) is 3.89. The van der Waals surface area contributed by atoms with Crippen molar-refractivity contribution >= 4 is 15.9 Å². The molecule has 0 aliphatic heterocycles. The van der Waals surface area contributed by atoms with Gasteiger partial charge in [-0.05, 0) is 43.2 Å². The summed E-state index contributed by atoms with van der Waals surface area (Å²) >= 11 is 3.40. The predicted molar refractivity (Wildman–Crippen MR) is 77.0 cm³/mol. The molecule has 1 aliphatic rings. The monoisotopic (exact) mass is 330 g/mol. The van der Waals surface area contributed by atoms with E-state index in [1.54, 1.807) is 0 Å². The van der Waals surface area contributed by atoms with Gasteiger partial charge in [0.1, 0.15) is 0 Å². The van der Waals surface area contributed by atoms with Crippen LogP contribution in [0.15, 0.2) is 39.3 Å². The van der Waals surface area contributed by atoms with Crippen LogP contribution in [0.3, 0.4) is 0 Å². The molecule has 5 nitrogen and oxygen atoms in total. The highest BCUT2D eigenvalue weighted by molar-refractivity contribution is 9.10. The summed E-state index contributed by atoms with van der Waals surface area (Å²) in [5, 5.41) is 11.3. The summed E-state index contributed by atoms with van der Waals surface area (Å²) in [5.41, 5.74) is 2.78. The van der Waals surface area contributed by atoms with Crippen molar-refractivity contribution in [1.82, 2.24) is 20.3 Å². The SMILES string of the molecule is Brc1ccc(-c2noc(-c3cc(C4CC4)[nH]n3)n2)cc1. The van der Waals surface area contributed by atoms with Crippen LogP contribution >= 0.6 is 15.9 Å². The third-order valence-electron chi connectivity index (χ3n) is 3.36. The van der Waals surface area contributed by atoms with Crippen molar-refractivity contribution in [2.75, 3.05) is 0 Å². The number of benzene rings is 1. The number of rotatable bonds is 3. The molecule has 1 saturated carbocycles. The number of halogens is 1. The first kappa shape index (κ1) is 11.8. The summed E-state index contributed by atoms with van der Waals surface area (Å²) in [5.74, 6) is 1.65. The lowest BCUT2D eigenvalue weighted by Gasteiger charge is -1.93. The maximum atomic E-state index is 5.29. The number of H-pyrrole nitrogens is 1. The van der Waals surface area contributed by atoms with E-state index in [9.17, 15) is 0 Å². The average molecular weight is 331 g/mol. The van der Waals surface area contributed by atoms with E-state index in [2.05, 4.69) is 36.3 Å². The second-order valence-corrected chi connectivity index (χ2v) is 5.83. The van der Waals surface area contributed by atoms with E-state index >= 15 is 0 Å². The maximum absolute atomic E-state index is 5.29. The molecule has 2 heterocycles. The third kappa shape index (κ3) is 2.16. The smallest absolute Gasteiger partial charge is 0.278 e. The molecule has 0 radical (unpaired) electrons. The van der Waals surface area contributed by atoms with Gasteiger partial charge in [0.05, 0.1) is 0 Å². The molecule has 0 bridgehead atoms. The van der Waals surface area contributed by atoms with E-state index in [4.69, 9.17) is 4.52 Å². The van der Waals surface area contributed by atoms with Crippen LogP contribution in [0.1, 0.15) is 24.5 Å². The first-order chi connectivity index (χ1) is 9.79. The van der Waals surface area contributed by atoms with E-state index in [0.717, 1.165) is 15.7 Å². The number of hydrogen-bond acceptors (Lipinski definition) is 4. The number of hydrogen-bond donors (Lipinski definition) is 1. The Bertz CT molecular complexity index is 743. The van der Waals surface area contributed by atoms with Crippen molar-refractivity contribution in [3.8, 4) is 23.0 Å². The molecule has 6 heteroatoms. The van der Waals surface area contributed by atoms with Gasteiger partial charge in [0.25, 0.3) is 5.89 Å². The van der Waals surface area contributed by atoms with Crippen molar-refractivity contribution in [2.45, 2.75) is 18.8 Å². The fourth-order valence-electron chi connectivity index (χ4n) is 2.09.